The van der Waals surface area contributed by atoms with Gasteiger partial charge < -0.3 is 14.5 Å². The monoisotopic (exact) mass is 416 g/mol. The number of halogens is 2. The van der Waals surface area contributed by atoms with Crippen molar-refractivity contribution < 1.29 is 13.5 Å². The lowest BCUT2D eigenvalue weighted by atomic mass is 10.0. The van der Waals surface area contributed by atoms with Gasteiger partial charge in [-0.05, 0) is 48.7 Å². The van der Waals surface area contributed by atoms with Gasteiger partial charge in [0, 0.05) is 37.1 Å². The third-order valence-corrected chi connectivity index (χ3v) is 5.58. The third kappa shape index (κ3) is 4.54. The van der Waals surface area contributed by atoms with E-state index in [9.17, 15) is 9.18 Å². The fraction of sp³-hybridized carbons (Fsp3) is 0.318. The van der Waals surface area contributed by atoms with Crippen LogP contribution in [0.25, 0.3) is 11.0 Å². The SMILES string of the molecule is COc1ccc2oc(=O)cc(NC3CCN(Cc4ccc(F)c(Cl)c4)CC3)c2c1. The first-order valence-electron chi connectivity index (χ1n) is 9.56. The highest BCUT2D eigenvalue weighted by atomic mass is 35.5. The van der Waals surface area contributed by atoms with Crippen molar-refractivity contribution in [2.24, 2.45) is 0 Å². The minimum atomic E-state index is -0.394. The maximum Gasteiger partial charge on any atom is 0.338 e. The van der Waals surface area contributed by atoms with Crippen LogP contribution in [0.15, 0.2) is 51.7 Å². The Labute approximate surface area is 173 Å². The van der Waals surface area contributed by atoms with E-state index >= 15 is 0 Å². The normalized spacial score (nSPS) is 15.6. The zero-order valence-electron chi connectivity index (χ0n) is 16.1. The molecule has 0 spiro atoms. The molecule has 0 unspecified atom stereocenters. The fourth-order valence-electron chi connectivity index (χ4n) is 3.74. The molecule has 1 fully saturated rings. The molecule has 1 aliphatic heterocycles. The molecule has 0 bridgehead atoms. The lowest BCUT2D eigenvalue weighted by Gasteiger charge is -2.33. The Kier molecular flexibility index (Phi) is 5.74. The van der Waals surface area contributed by atoms with Crippen molar-refractivity contribution >= 4 is 28.3 Å². The maximum absolute atomic E-state index is 13.3. The molecule has 7 heteroatoms. The second-order valence-corrected chi connectivity index (χ2v) is 7.69. The van der Waals surface area contributed by atoms with Gasteiger partial charge >= 0.3 is 5.63 Å². The van der Waals surface area contributed by atoms with Crippen LogP contribution >= 0.6 is 11.6 Å². The minimum absolute atomic E-state index is 0.157. The van der Waals surface area contributed by atoms with E-state index in [4.69, 9.17) is 20.8 Å². The highest BCUT2D eigenvalue weighted by Crippen LogP contribution is 2.28. The highest BCUT2D eigenvalue weighted by Gasteiger charge is 2.20. The van der Waals surface area contributed by atoms with Crippen LogP contribution in [-0.4, -0.2) is 31.1 Å². The Balaban J connectivity index is 1.43. The van der Waals surface area contributed by atoms with Crippen LogP contribution < -0.4 is 15.7 Å². The zero-order valence-corrected chi connectivity index (χ0v) is 16.8. The van der Waals surface area contributed by atoms with Crippen molar-refractivity contribution in [1.29, 1.82) is 0 Å². The molecule has 2 aromatic carbocycles. The number of methoxy groups -OCH3 is 1. The summed E-state index contributed by atoms with van der Waals surface area (Å²) >= 11 is 5.88. The summed E-state index contributed by atoms with van der Waals surface area (Å²) in [5.41, 5.74) is 1.92. The molecule has 4 rings (SSSR count). The smallest absolute Gasteiger partial charge is 0.338 e. The van der Waals surface area contributed by atoms with Crippen molar-refractivity contribution in [2.75, 3.05) is 25.5 Å². The molecule has 0 amide bonds. The lowest BCUT2D eigenvalue weighted by molar-refractivity contribution is 0.211. The van der Waals surface area contributed by atoms with Gasteiger partial charge in [-0.2, -0.15) is 0 Å². The molecule has 152 valence electrons. The molecule has 1 aromatic heterocycles. The molecule has 0 atom stereocenters. The minimum Gasteiger partial charge on any atom is -0.497 e. The first kappa shape index (κ1) is 19.7. The number of fused-ring (bicyclic) bond motifs is 1. The molecular formula is C22H22ClFN2O3. The van der Waals surface area contributed by atoms with Crippen LogP contribution in [-0.2, 0) is 6.54 Å². The molecule has 5 nitrogen and oxygen atoms in total. The summed E-state index contributed by atoms with van der Waals surface area (Å²) < 4.78 is 23.9. The van der Waals surface area contributed by atoms with E-state index in [1.807, 2.05) is 6.07 Å². The summed E-state index contributed by atoms with van der Waals surface area (Å²) in [6.07, 6.45) is 1.86. The molecule has 0 aliphatic carbocycles. The predicted molar refractivity (Wildman–Crippen MR) is 112 cm³/mol. The topological polar surface area (TPSA) is 54.7 Å². The quantitative estimate of drug-likeness (QED) is 0.612. The molecule has 2 heterocycles. The number of benzene rings is 2. The number of nitrogens with zero attached hydrogens (tertiary/aromatic N) is 1. The molecular weight excluding hydrogens is 395 g/mol. The van der Waals surface area contributed by atoms with Crippen LogP contribution in [0.1, 0.15) is 18.4 Å². The second kappa shape index (κ2) is 8.43. The van der Waals surface area contributed by atoms with Gasteiger partial charge in [-0.3, -0.25) is 4.90 Å². The first-order valence-corrected chi connectivity index (χ1v) is 9.94. The number of rotatable bonds is 5. The first-order chi connectivity index (χ1) is 14.0. The van der Waals surface area contributed by atoms with E-state index in [0.717, 1.165) is 49.1 Å². The number of ether oxygens (including phenoxy) is 1. The van der Waals surface area contributed by atoms with Gasteiger partial charge in [0.15, 0.2) is 0 Å². The molecule has 1 aliphatic rings. The average molecular weight is 417 g/mol. The van der Waals surface area contributed by atoms with E-state index in [0.29, 0.717) is 11.3 Å². The van der Waals surface area contributed by atoms with Gasteiger partial charge in [-0.1, -0.05) is 17.7 Å². The summed E-state index contributed by atoms with van der Waals surface area (Å²) in [6, 6.07) is 12.0. The molecule has 3 aromatic rings. The van der Waals surface area contributed by atoms with Gasteiger partial charge in [0.2, 0.25) is 0 Å². The summed E-state index contributed by atoms with van der Waals surface area (Å²) in [5.74, 6) is 0.316. The number of likely N-dealkylation sites (tertiary alicyclic amines) is 1. The van der Waals surface area contributed by atoms with Crippen LogP contribution in [0, 0.1) is 5.82 Å². The van der Waals surface area contributed by atoms with Crippen molar-refractivity contribution in [3.63, 3.8) is 0 Å². The van der Waals surface area contributed by atoms with Crippen molar-refractivity contribution in [3.8, 4) is 5.75 Å². The Morgan fingerprint density at radius 2 is 2.00 bits per heavy atom. The average Bonchev–Trinajstić information content (AvgIpc) is 2.72. The van der Waals surface area contributed by atoms with E-state index in [1.165, 1.54) is 12.1 Å². The van der Waals surface area contributed by atoms with Crippen LogP contribution in [0.4, 0.5) is 10.1 Å². The van der Waals surface area contributed by atoms with Gasteiger partial charge in [0.25, 0.3) is 0 Å². The Bertz CT molecular complexity index is 1080. The highest BCUT2D eigenvalue weighted by molar-refractivity contribution is 6.30. The summed E-state index contributed by atoms with van der Waals surface area (Å²) in [4.78, 5) is 14.2. The fourth-order valence-corrected chi connectivity index (χ4v) is 3.94. The molecule has 1 N–H and O–H groups in total. The molecule has 0 radical (unpaired) electrons. The van der Waals surface area contributed by atoms with E-state index < -0.39 is 5.82 Å². The maximum atomic E-state index is 13.3. The molecule has 29 heavy (non-hydrogen) atoms. The Morgan fingerprint density at radius 3 is 2.72 bits per heavy atom. The predicted octanol–water partition coefficient (Wildman–Crippen LogP) is 4.67. The van der Waals surface area contributed by atoms with E-state index in [-0.39, 0.29) is 16.7 Å². The zero-order chi connectivity index (χ0) is 20.4. The summed E-state index contributed by atoms with van der Waals surface area (Å²) in [6.45, 7) is 2.53. The number of anilines is 1. The summed E-state index contributed by atoms with van der Waals surface area (Å²) in [7, 11) is 1.61. The number of hydrogen-bond donors (Lipinski definition) is 1. The Hall–Kier alpha value is -2.57. The number of piperidine rings is 1. The Morgan fingerprint density at radius 1 is 1.21 bits per heavy atom. The van der Waals surface area contributed by atoms with Crippen molar-refractivity contribution in [3.05, 3.63) is 69.3 Å². The van der Waals surface area contributed by atoms with Gasteiger partial charge in [-0.15, -0.1) is 0 Å². The van der Waals surface area contributed by atoms with E-state index in [2.05, 4.69) is 10.2 Å². The molecule has 0 saturated carbocycles. The van der Waals surface area contributed by atoms with Crippen LogP contribution in [0.2, 0.25) is 5.02 Å². The molecule has 1 saturated heterocycles. The van der Waals surface area contributed by atoms with Gasteiger partial charge in [0.1, 0.15) is 17.1 Å². The van der Waals surface area contributed by atoms with Crippen LogP contribution in [0.3, 0.4) is 0 Å². The van der Waals surface area contributed by atoms with Crippen LogP contribution in [0.5, 0.6) is 5.75 Å². The lowest BCUT2D eigenvalue weighted by Crippen LogP contribution is -2.38. The summed E-state index contributed by atoms with van der Waals surface area (Å²) in [5, 5.41) is 4.49. The number of nitrogens with one attached hydrogen (secondary N) is 1. The van der Waals surface area contributed by atoms with E-state index in [1.54, 1.807) is 31.4 Å². The standard InChI is InChI=1S/C22H22ClFN2O3/c1-28-16-3-5-21-17(11-16)20(12-22(27)29-21)25-15-6-8-26(9-7-15)13-14-2-4-19(24)18(23)10-14/h2-5,10-12,15,25H,6-9,13H2,1H3. The largest absolute Gasteiger partial charge is 0.497 e. The second-order valence-electron chi connectivity index (χ2n) is 7.28. The van der Waals surface area contributed by atoms with Gasteiger partial charge in [0.05, 0.1) is 17.8 Å². The third-order valence-electron chi connectivity index (χ3n) is 5.29. The van der Waals surface area contributed by atoms with Crippen molar-refractivity contribution in [1.82, 2.24) is 4.90 Å². The van der Waals surface area contributed by atoms with Gasteiger partial charge in [-0.25, -0.2) is 9.18 Å². The van der Waals surface area contributed by atoms with Crippen molar-refractivity contribution in [2.45, 2.75) is 25.4 Å². The number of hydrogen-bond acceptors (Lipinski definition) is 5.